The van der Waals surface area contributed by atoms with E-state index in [1.165, 1.54) is 12.1 Å². The first-order valence-corrected chi connectivity index (χ1v) is 8.44. The van der Waals surface area contributed by atoms with Crippen molar-refractivity contribution < 1.29 is 9.18 Å². The Kier molecular flexibility index (Phi) is 5.46. The number of amides is 1. The molecule has 0 radical (unpaired) electrons. The lowest BCUT2D eigenvalue weighted by Gasteiger charge is -2.36. The Morgan fingerprint density at radius 3 is 2.30 bits per heavy atom. The molecule has 2 aliphatic heterocycles. The van der Waals surface area contributed by atoms with Crippen LogP contribution in [0.2, 0.25) is 0 Å². The Hall–Kier alpha value is -1.66. The highest BCUT2D eigenvalue weighted by Crippen LogP contribution is 2.17. The monoisotopic (exact) mass is 320 g/mol. The molecule has 0 aliphatic carbocycles. The molecule has 6 heteroatoms. The standard InChI is InChI=1S/C17H25FN4O/c18-15-1-3-16(4-2-15)21-13-11-20(12-14-21)8-5-17(23)22-9-6-19-7-10-22/h1-4,19H,5-14H2. The van der Waals surface area contributed by atoms with Gasteiger partial charge in [-0.05, 0) is 24.3 Å². The van der Waals surface area contributed by atoms with Crippen LogP contribution >= 0.6 is 0 Å². The summed E-state index contributed by atoms with van der Waals surface area (Å²) in [5.41, 5.74) is 1.07. The minimum absolute atomic E-state index is 0.196. The SMILES string of the molecule is O=C(CCN1CCN(c2ccc(F)cc2)CC1)N1CCNCC1. The number of carbonyl (C=O) groups excluding carboxylic acids is 1. The normalized spacial score (nSPS) is 19.9. The molecule has 0 saturated carbocycles. The molecule has 3 rings (SSSR count). The molecule has 0 bridgehead atoms. The molecular formula is C17H25FN4O. The molecule has 0 aromatic heterocycles. The highest BCUT2D eigenvalue weighted by molar-refractivity contribution is 5.76. The summed E-state index contributed by atoms with van der Waals surface area (Å²) < 4.78 is 13.0. The third kappa shape index (κ3) is 4.42. The molecule has 1 amide bonds. The first kappa shape index (κ1) is 16.2. The van der Waals surface area contributed by atoms with Crippen molar-refractivity contribution in [3.63, 3.8) is 0 Å². The zero-order chi connectivity index (χ0) is 16.1. The number of rotatable bonds is 4. The lowest BCUT2D eigenvalue weighted by molar-refractivity contribution is -0.132. The fraction of sp³-hybridized carbons (Fsp3) is 0.588. The number of hydrogen-bond acceptors (Lipinski definition) is 4. The fourth-order valence-corrected chi connectivity index (χ4v) is 3.21. The summed E-state index contributed by atoms with van der Waals surface area (Å²) in [5, 5.41) is 3.27. The maximum atomic E-state index is 13.0. The Morgan fingerprint density at radius 1 is 1.00 bits per heavy atom. The second kappa shape index (κ2) is 7.75. The molecule has 0 atom stereocenters. The Morgan fingerprint density at radius 2 is 1.65 bits per heavy atom. The smallest absolute Gasteiger partial charge is 0.223 e. The van der Waals surface area contributed by atoms with Crippen LogP contribution in [0.25, 0.3) is 0 Å². The molecule has 2 heterocycles. The first-order chi connectivity index (χ1) is 11.2. The van der Waals surface area contributed by atoms with E-state index in [0.717, 1.165) is 64.6 Å². The molecule has 0 spiro atoms. The third-order valence-corrected chi connectivity index (χ3v) is 4.68. The highest BCUT2D eigenvalue weighted by atomic mass is 19.1. The second-order valence-corrected chi connectivity index (χ2v) is 6.19. The van der Waals surface area contributed by atoms with E-state index in [2.05, 4.69) is 15.1 Å². The molecule has 1 aromatic carbocycles. The van der Waals surface area contributed by atoms with Crippen LogP contribution in [0.5, 0.6) is 0 Å². The van der Waals surface area contributed by atoms with Crippen molar-refractivity contribution >= 4 is 11.6 Å². The van der Waals surface area contributed by atoms with Crippen molar-refractivity contribution in [2.75, 3.05) is 63.8 Å². The van der Waals surface area contributed by atoms with Crippen LogP contribution in [0.4, 0.5) is 10.1 Å². The summed E-state index contributed by atoms with van der Waals surface area (Å²) in [6, 6.07) is 6.68. The average Bonchev–Trinajstić information content (AvgIpc) is 2.61. The van der Waals surface area contributed by atoms with E-state index in [1.54, 1.807) is 0 Å². The molecule has 0 unspecified atom stereocenters. The zero-order valence-electron chi connectivity index (χ0n) is 13.5. The van der Waals surface area contributed by atoms with Gasteiger partial charge in [0.25, 0.3) is 0 Å². The van der Waals surface area contributed by atoms with Gasteiger partial charge in [0.2, 0.25) is 5.91 Å². The van der Waals surface area contributed by atoms with Crippen molar-refractivity contribution in [2.24, 2.45) is 0 Å². The highest BCUT2D eigenvalue weighted by Gasteiger charge is 2.20. The summed E-state index contributed by atoms with van der Waals surface area (Å²) in [5.74, 6) is 0.0753. The van der Waals surface area contributed by atoms with Crippen LogP contribution < -0.4 is 10.2 Å². The molecular weight excluding hydrogens is 295 g/mol. The van der Waals surface area contributed by atoms with Gasteiger partial charge in [0.1, 0.15) is 5.82 Å². The van der Waals surface area contributed by atoms with Crippen LogP contribution in [0.1, 0.15) is 6.42 Å². The molecule has 2 fully saturated rings. The number of halogens is 1. The molecule has 1 N–H and O–H groups in total. The maximum Gasteiger partial charge on any atom is 0.223 e. The molecule has 1 aromatic rings. The van der Waals surface area contributed by atoms with Crippen LogP contribution in [-0.2, 0) is 4.79 Å². The Labute approximate surface area is 137 Å². The minimum Gasteiger partial charge on any atom is -0.369 e. The number of nitrogens with zero attached hydrogens (tertiary/aromatic N) is 3. The van der Waals surface area contributed by atoms with Gasteiger partial charge in [-0.15, -0.1) is 0 Å². The van der Waals surface area contributed by atoms with Gasteiger partial charge in [0.15, 0.2) is 0 Å². The minimum atomic E-state index is -0.196. The van der Waals surface area contributed by atoms with Gasteiger partial charge in [0.05, 0.1) is 0 Å². The van der Waals surface area contributed by atoms with Gasteiger partial charge in [-0.1, -0.05) is 0 Å². The van der Waals surface area contributed by atoms with Crippen LogP contribution in [0, 0.1) is 5.82 Å². The summed E-state index contributed by atoms with van der Waals surface area (Å²) in [7, 11) is 0. The predicted molar refractivity (Wildman–Crippen MR) is 89.1 cm³/mol. The zero-order valence-corrected chi connectivity index (χ0v) is 13.5. The fourth-order valence-electron chi connectivity index (χ4n) is 3.21. The van der Waals surface area contributed by atoms with E-state index in [0.29, 0.717) is 6.42 Å². The lowest BCUT2D eigenvalue weighted by atomic mass is 10.2. The van der Waals surface area contributed by atoms with Crippen LogP contribution in [-0.4, -0.2) is 74.6 Å². The van der Waals surface area contributed by atoms with E-state index in [4.69, 9.17) is 0 Å². The topological polar surface area (TPSA) is 38.8 Å². The molecule has 23 heavy (non-hydrogen) atoms. The number of carbonyl (C=O) groups is 1. The van der Waals surface area contributed by atoms with E-state index in [-0.39, 0.29) is 11.7 Å². The molecule has 2 aliphatic rings. The van der Waals surface area contributed by atoms with Crippen molar-refractivity contribution in [3.05, 3.63) is 30.1 Å². The number of hydrogen-bond donors (Lipinski definition) is 1. The number of piperazine rings is 2. The molecule has 126 valence electrons. The van der Waals surface area contributed by atoms with E-state index >= 15 is 0 Å². The van der Waals surface area contributed by atoms with E-state index < -0.39 is 0 Å². The summed E-state index contributed by atoms with van der Waals surface area (Å²) in [4.78, 5) is 18.8. The van der Waals surface area contributed by atoms with Gasteiger partial charge in [0, 0.05) is 71.0 Å². The Bertz CT molecular complexity index is 508. The van der Waals surface area contributed by atoms with E-state index in [1.807, 2.05) is 17.0 Å². The third-order valence-electron chi connectivity index (χ3n) is 4.68. The summed E-state index contributed by atoms with van der Waals surface area (Å²) >= 11 is 0. The lowest BCUT2D eigenvalue weighted by Crippen LogP contribution is -2.49. The van der Waals surface area contributed by atoms with Gasteiger partial charge >= 0.3 is 0 Å². The van der Waals surface area contributed by atoms with Crippen LogP contribution in [0.3, 0.4) is 0 Å². The number of nitrogens with one attached hydrogen (secondary N) is 1. The van der Waals surface area contributed by atoms with Gasteiger partial charge in [-0.2, -0.15) is 0 Å². The van der Waals surface area contributed by atoms with E-state index in [9.17, 15) is 9.18 Å². The maximum absolute atomic E-state index is 13.0. The largest absolute Gasteiger partial charge is 0.369 e. The summed E-state index contributed by atoms with van der Waals surface area (Å²) in [6.45, 7) is 8.05. The van der Waals surface area contributed by atoms with Gasteiger partial charge < -0.3 is 15.1 Å². The van der Waals surface area contributed by atoms with Gasteiger partial charge in [-0.25, -0.2) is 4.39 Å². The first-order valence-electron chi connectivity index (χ1n) is 8.44. The van der Waals surface area contributed by atoms with Crippen LogP contribution in [0.15, 0.2) is 24.3 Å². The van der Waals surface area contributed by atoms with Crippen molar-refractivity contribution in [2.45, 2.75) is 6.42 Å². The predicted octanol–water partition coefficient (Wildman–Crippen LogP) is 0.770. The molecule has 2 saturated heterocycles. The molecule has 5 nitrogen and oxygen atoms in total. The Balaban J connectivity index is 1.40. The number of anilines is 1. The van der Waals surface area contributed by atoms with Crippen molar-refractivity contribution in [1.29, 1.82) is 0 Å². The average molecular weight is 320 g/mol. The number of benzene rings is 1. The van der Waals surface area contributed by atoms with Gasteiger partial charge in [-0.3, -0.25) is 9.69 Å². The van der Waals surface area contributed by atoms with Crippen molar-refractivity contribution in [3.8, 4) is 0 Å². The summed E-state index contributed by atoms with van der Waals surface area (Å²) in [6.07, 6.45) is 0.608. The quantitative estimate of drug-likeness (QED) is 0.889. The second-order valence-electron chi connectivity index (χ2n) is 6.19. The van der Waals surface area contributed by atoms with Crippen molar-refractivity contribution in [1.82, 2.24) is 15.1 Å².